The first-order valence-corrected chi connectivity index (χ1v) is 12.1. The number of hydrogen-bond donors (Lipinski definition) is 0. The van der Waals surface area contributed by atoms with E-state index >= 15 is 0 Å². The van der Waals surface area contributed by atoms with Crippen LogP contribution in [-0.2, 0) is 9.22 Å². The average Bonchev–Trinajstić information content (AvgIpc) is 2.39. The van der Waals surface area contributed by atoms with E-state index < -0.39 is 8.32 Å². The zero-order chi connectivity index (χ0) is 17.6. The molecule has 0 aromatic carbocycles. The predicted octanol–water partition coefficient (Wildman–Crippen LogP) is 5.45. The molecule has 4 unspecified atom stereocenters. The molecule has 3 heteroatoms. The topological polar surface area (TPSA) is 26.3 Å². The van der Waals surface area contributed by atoms with E-state index in [-0.39, 0.29) is 10.5 Å². The zero-order valence-corrected chi connectivity index (χ0v) is 17.4. The molecule has 3 aliphatic rings. The highest BCUT2D eigenvalue weighted by atomic mass is 28.4. The second-order valence-electron chi connectivity index (χ2n) is 9.91. The minimum absolute atomic E-state index is 0.219. The Hall–Kier alpha value is -0.413. The van der Waals surface area contributed by atoms with Gasteiger partial charge in [-0.3, -0.25) is 4.79 Å². The molecule has 3 aliphatic carbocycles. The summed E-state index contributed by atoms with van der Waals surface area (Å²) in [7, 11) is -1.72. The molecule has 0 spiro atoms. The summed E-state index contributed by atoms with van der Waals surface area (Å²) in [4.78, 5) is 12.3. The van der Waals surface area contributed by atoms with Crippen molar-refractivity contribution in [3.8, 4) is 0 Å². The van der Waals surface area contributed by atoms with Crippen LogP contribution in [0.25, 0.3) is 0 Å². The van der Waals surface area contributed by atoms with Gasteiger partial charge in [-0.25, -0.2) is 0 Å². The number of fused-ring (bicyclic) bond motifs is 2. The molecule has 2 bridgehead atoms. The third-order valence-corrected chi connectivity index (χ3v) is 11.3. The number of rotatable bonds is 5. The molecular weight excluding hydrogens is 300 g/mol. The molecule has 1 fully saturated rings. The number of Topliss-reactive ketones (excluding diaryl/α,β-unsaturated/α-hetero) is 1. The van der Waals surface area contributed by atoms with Crippen molar-refractivity contribution in [2.75, 3.05) is 6.61 Å². The summed E-state index contributed by atoms with van der Waals surface area (Å²) in [6.45, 7) is 19.2. The van der Waals surface area contributed by atoms with Gasteiger partial charge in [-0.2, -0.15) is 0 Å². The number of ketones is 1. The predicted molar refractivity (Wildman–Crippen MR) is 99.9 cm³/mol. The van der Waals surface area contributed by atoms with Crippen molar-refractivity contribution < 1.29 is 9.22 Å². The molecule has 0 heterocycles. The van der Waals surface area contributed by atoms with Gasteiger partial charge >= 0.3 is 0 Å². The van der Waals surface area contributed by atoms with E-state index in [0.29, 0.717) is 29.5 Å². The highest BCUT2D eigenvalue weighted by Gasteiger charge is 2.48. The minimum atomic E-state index is -1.72. The van der Waals surface area contributed by atoms with E-state index in [1.165, 1.54) is 0 Å². The molecule has 0 N–H and O–H groups in total. The van der Waals surface area contributed by atoms with Crippen LogP contribution in [0, 0.1) is 29.1 Å². The van der Waals surface area contributed by atoms with Crippen LogP contribution >= 0.6 is 0 Å². The second-order valence-corrected chi connectivity index (χ2v) is 14.7. The Labute approximate surface area is 144 Å². The summed E-state index contributed by atoms with van der Waals surface area (Å²) in [6.07, 6.45) is 6.24. The quantitative estimate of drug-likeness (QED) is 0.493. The summed E-state index contributed by atoms with van der Waals surface area (Å²) < 4.78 is 6.57. The molecule has 0 aromatic heterocycles. The lowest BCUT2D eigenvalue weighted by Gasteiger charge is -2.48. The number of hydrogen-bond acceptors (Lipinski definition) is 2. The van der Waals surface area contributed by atoms with Crippen molar-refractivity contribution in [2.45, 2.75) is 72.5 Å². The zero-order valence-electron chi connectivity index (χ0n) is 16.4. The van der Waals surface area contributed by atoms with Crippen LogP contribution in [0.3, 0.4) is 0 Å². The van der Waals surface area contributed by atoms with Crippen LogP contribution in [0.15, 0.2) is 12.2 Å². The van der Waals surface area contributed by atoms with Gasteiger partial charge in [0.05, 0.1) is 0 Å². The maximum atomic E-state index is 12.3. The first-order chi connectivity index (χ1) is 10.4. The Morgan fingerprint density at radius 3 is 2.39 bits per heavy atom. The Kier molecular flexibility index (Phi) is 5.05. The molecule has 0 aliphatic heterocycles. The fraction of sp³-hybridized carbons (Fsp3) is 0.850. The molecule has 4 atom stereocenters. The third kappa shape index (κ3) is 3.66. The fourth-order valence-electron chi connectivity index (χ4n) is 3.86. The molecular formula is C20H36O2Si. The maximum Gasteiger partial charge on any atom is 0.191 e. The molecule has 23 heavy (non-hydrogen) atoms. The van der Waals surface area contributed by atoms with Crippen molar-refractivity contribution in [1.29, 1.82) is 0 Å². The summed E-state index contributed by atoms with van der Waals surface area (Å²) in [5.41, 5.74) is -0.219. The molecule has 2 nitrogen and oxygen atoms in total. The fourth-order valence-corrected chi connectivity index (χ4v) is 4.90. The first-order valence-electron chi connectivity index (χ1n) is 9.24. The summed E-state index contributed by atoms with van der Waals surface area (Å²) in [6, 6.07) is 0. The van der Waals surface area contributed by atoms with Crippen LogP contribution in [0.1, 0.15) is 54.4 Å². The van der Waals surface area contributed by atoms with E-state index in [0.717, 1.165) is 19.4 Å². The lowest BCUT2D eigenvalue weighted by atomic mass is 9.56. The number of allylic oxidation sites excluding steroid dienone is 2. The van der Waals surface area contributed by atoms with Gasteiger partial charge in [0.15, 0.2) is 8.32 Å². The van der Waals surface area contributed by atoms with Gasteiger partial charge in [-0.05, 0) is 55.1 Å². The minimum Gasteiger partial charge on any atom is -0.417 e. The molecule has 1 saturated carbocycles. The Balaban J connectivity index is 2.12. The van der Waals surface area contributed by atoms with Gasteiger partial charge in [0.2, 0.25) is 0 Å². The summed E-state index contributed by atoms with van der Waals surface area (Å²) in [5.74, 6) is 2.60. The van der Waals surface area contributed by atoms with Gasteiger partial charge in [0.1, 0.15) is 5.78 Å². The van der Waals surface area contributed by atoms with Gasteiger partial charge in [-0.15, -0.1) is 0 Å². The molecule has 3 rings (SSSR count). The van der Waals surface area contributed by atoms with Crippen LogP contribution < -0.4 is 0 Å². The summed E-state index contributed by atoms with van der Waals surface area (Å²) in [5, 5.41) is 0.252. The number of carbonyl (C=O) groups is 1. The van der Waals surface area contributed by atoms with Gasteiger partial charge in [0, 0.05) is 18.4 Å². The highest BCUT2D eigenvalue weighted by molar-refractivity contribution is 6.74. The van der Waals surface area contributed by atoms with Crippen molar-refractivity contribution in [3.05, 3.63) is 12.2 Å². The second kappa shape index (κ2) is 6.14. The number of carbonyl (C=O) groups excluding carboxylic acids is 1. The first kappa shape index (κ1) is 18.9. The smallest absolute Gasteiger partial charge is 0.191 e. The average molecular weight is 337 g/mol. The Bertz CT molecular complexity index is 486. The van der Waals surface area contributed by atoms with Crippen molar-refractivity contribution in [1.82, 2.24) is 0 Å². The van der Waals surface area contributed by atoms with E-state index in [1.54, 1.807) is 0 Å². The van der Waals surface area contributed by atoms with E-state index in [1.807, 2.05) is 0 Å². The largest absolute Gasteiger partial charge is 0.417 e. The Morgan fingerprint density at radius 2 is 1.96 bits per heavy atom. The van der Waals surface area contributed by atoms with E-state index in [9.17, 15) is 4.79 Å². The maximum absolute atomic E-state index is 12.3. The normalized spacial score (nSPS) is 32.7. The van der Waals surface area contributed by atoms with Crippen LogP contribution in [0.5, 0.6) is 0 Å². The van der Waals surface area contributed by atoms with Crippen molar-refractivity contribution in [2.24, 2.45) is 29.1 Å². The van der Waals surface area contributed by atoms with Crippen LogP contribution in [-0.4, -0.2) is 20.7 Å². The van der Waals surface area contributed by atoms with Gasteiger partial charge < -0.3 is 4.43 Å². The van der Waals surface area contributed by atoms with Crippen molar-refractivity contribution >= 4 is 14.1 Å². The van der Waals surface area contributed by atoms with E-state index in [2.05, 4.69) is 66.8 Å². The SMILES string of the molecule is CC(C)C(CO[Si](C)(C)C(C)(C)C)C1CC2(C)C=CC1CC2=O. The van der Waals surface area contributed by atoms with Crippen molar-refractivity contribution in [3.63, 3.8) is 0 Å². The summed E-state index contributed by atoms with van der Waals surface area (Å²) >= 11 is 0. The van der Waals surface area contributed by atoms with Gasteiger partial charge in [-0.1, -0.05) is 46.8 Å². The molecule has 0 radical (unpaired) electrons. The third-order valence-electron chi connectivity index (χ3n) is 6.83. The highest BCUT2D eigenvalue weighted by Crippen LogP contribution is 2.50. The van der Waals surface area contributed by atoms with Crippen LogP contribution in [0.2, 0.25) is 18.1 Å². The molecule has 132 valence electrons. The Morgan fingerprint density at radius 1 is 1.35 bits per heavy atom. The van der Waals surface area contributed by atoms with E-state index in [4.69, 9.17) is 4.43 Å². The lowest BCUT2D eigenvalue weighted by molar-refractivity contribution is -0.133. The lowest BCUT2D eigenvalue weighted by Crippen LogP contribution is -2.48. The molecule has 0 amide bonds. The molecule has 0 saturated heterocycles. The molecule has 0 aromatic rings. The van der Waals surface area contributed by atoms with Crippen LogP contribution in [0.4, 0.5) is 0 Å². The monoisotopic (exact) mass is 336 g/mol. The standard InChI is InChI=1S/C20H36O2Si/c1-14(2)17(13-22-23(7,8)19(3,4)5)16-12-20(6)10-9-15(16)11-18(20)21/h9-10,14-17H,11-13H2,1-8H3. The van der Waals surface area contributed by atoms with Gasteiger partial charge in [0.25, 0.3) is 0 Å².